The van der Waals surface area contributed by atoms with Crippen LogP contribution in [0.4, 0.5) is 14.5 Å². The van der Waals surface area contributed by atoms with Crippen LogP contribution in [0.2, 0.25) is 0 Å². The fraction of sp³-hybridized carbons (Fsp3) is 0.294. The molecule has 1 heterocycles. The Balaban J connectivity index is 1.58. The van der Waals surface area contributed by atoms with Crippen molar-refractivity contribution in [2.75, 3.05) is 31.1 Å². The third-order valence-corrected chi connectivity index (χ3v) is 3.89. The second-order valence-corrected chi connectivity index (χ2v) is 5.35. The van der Waals surface area contributed by atoms with Crippen molar-refractivity contribution in [2.45, 2.75) is 6.54 Å². The average Bonchev–Trinajstić information content (AvgIpc) is 2.52. The van der Waals surface area contributed by atoms with Gasteiger partial charge in [0.2, 0.25) is 0 Å². The van der Waals surface area contributed by atoms with Crippen LogP contribution >= 0.6 is 0 Å². The topological polar surface area (TPSA) is 6.48 Å². The van der Waals surface area contributed by atoms with E-state index in [1.165, 1.54) is 17.7 Å². The van der Waals surface area contributed by atoms with E-state index in [1.807, 2.05) is 18.2 Å². The van der Waals surface area contributed by atoms with Gasteiger partial charge in [0.15, 0.2) is 11.6 Å². The Morgan fingerprint density at radius 1 is 0.810 bits per heavy atom. The number of hydrogen-bond acceptors (Lipinski definition) is 2. The Morgan fingerprint density at radius 3 is 2.19 bits per heavy atom. The maximum absolute atomic E-state index is 13.3. The molecule has 3 rings (SSSR count). The highest BCUT2D eigenvalue weighted by molar-refractivity contribution is 5.47. The van der Waals surface area contributed by atoms with Gasteiger partial charge in [-0.3, -0.25) is 4.90 Å². The number of rotatable bonds is 3. The van der Waals surface area contributed by atoms with Gasteiger partial charge in [0.1, 0.15) is 0 Å². The van der Waals surface area contributed by atoms with Crippen molar-refractivity contribution in [1.29, 1.82) is 0 Å². The van der Waals surface area contributed by atoms with E-state index >= 15 is 0 Å². The summed E-state index contributed by atoms with van der Waals surface area (Å²) in [6.45, 7) is 4.45. The summed E-state index contributed by atoms with van der Waals surface area (Å²) in [5.41, 5.74) is 2.06. The third kappa shape index (κ3) is 3.39. The molecule has 0 aromatic heterocycles. The van der Waals surface area contributed by atoms with Crippen LogP contribution in [-0.2, 0) is 6.54 Å². The standard InChI is InChI=1S/C17H18F2N2/c18-16-7-6-15(12-17(16)19)21-10-8-20(9-11-21)13-14-4-2-1-3-5-14/h1-7,12H,8-11,13H2. The van der Waals surface area contributed by atoms with Crippen LogP contribution < -0.4 is 4.90 Å². The van der Waals surface area contributed by atoms with E-state index < -0.39 is 11.6 Å². The minimum atomic E-state index is -0.790. The van der Waals surface area contributed by atoms with Crippen molar-refractivity contribution in [3.63, 3.8) is 0 Å². The van der Waals surface area contributed by atoms with Gasteiger partial charge in [-0.15, -0.1) is 0 Å². The Morgan fingerprint density at radius 2 is 1.52 bits per heavy atom. The number of hydrogen-bond donors (Lipinski definition) is 0. The van der Waals surface area contributed by atoms with Crippen molar-refractivity contribution in [3.8, 4) is 0 Å². The molecule has 0 spiro atoms. The predicted molar refractivity (Wildman–Crippen MR) is 80.3 cm³/mol. The quantitative estimate of drug-likeness (QED) is 0.855. The van der Waals surface area contributed by atoms with Crippen LogP contribution in [0.1, 0.15) is 5.56 Å². The first kappa shape index (κ1) is 14.0. The third-order valence-electron chi connectivity index (χ3n) is 3.89. The Hall–Kier alpha value is -1.94. The molecule has 0 saturated carbocycles. The zero-order valence-corrected chi connectivity index (χ0v) is 11.8. The molecular formula is C17H18F2N2. The lowest BCUT2D eigenvalue weighted by atomic mass is 10.2. The molecule has 0 amide bonds. The van der Waals surface area contributed by atoms with E-state index in [9.17, 15) is 8.78 Å². The summed E-state index contributed by atoms with van der Waals surface area (Å²) >= 11 is 0. The van der Waals surface area contributed by atoms with Crippen molar-refractivity contribution in [2.24, 2.45) is 0 Å². The second-order valence-electron chi connectivity index (χ2n) is 5.35. The van der Waals surface area contributed by atoms with Crippen LogP contribution in [0.5, 0.6) is 0 Å². The molecule has 0 bridgehead atoms. The molecule has 1 aliphatic rings. The SMILES string of the molecule is Fc1ccc(N2CCN(Cc3ccccc3)CC2)cc1F. The fourth-order valence-corrected chi connectivity index (χ4v) is 2.69. The predicted octanol–water partition coefficient (Wildman–Crippen LogP) is 3.29. The minimum absolute atomic E-state index is 0.758. The molecule has 21 heavy (non-hydrogen) atoms. The summed E-state index contributed by atoms with van der Waals surface area (Å²) in [6.07, 6.45) is 0. The minimum Gasteiger partial charge on any atom is -0.369 e. The number of nitrogens with zero attached hydrogens (tertiary/aromatic N) is 2. The van der Waals surface area contributed by atoms with Crippen LogP contribution in [-0.4, -0.2) is 31.1 Å². The van der Waals surface area contributed by atoms with Crippen molar-refractivity contribution < 1.29 is 8.78 Å². The maximum Gasteiger partial charge on any atom is 0.160 e. The number of piperazine rings is 1. The smallest absolute Gasteiger partial charge is 0.160 e. The van der Waals surface area contributed by atoms with Gasteiger partial charge in [-0.05, 0) is 17.7 Å². The highest BCUT2D eigenvalue weighted by atomic mass is 19.2. The van der Waals surface area contributed by atoms with E-state index in [2.05, 4.69) is 21.9 Å². The number of halogens is 2. The van der Waals surface area contributed by atoms with Gasteiger partial charge in [0, 0.05) is 44.5 Å². The zero-order chi connectivity index (χ0) is 14.7. The zero-order valence-electron chi connectivity index (χ0n) is 11.8. The first-order chi connectivity index (χ1) is 10.2. The molecule has 2 nitrogen and oxygen atoms in total. The molecule has 2 aromatic carbocycles. The van der Waals surface area contributed by atoms with Crippen LogP contribution in [0.3, 0.4) is 0 Å². The van der Waals surface area contributed by atoms with Gasteiger partial charge >= 0.3 is 0 Å². The highest BCUT2D eigenvalue weighted by Crippen LogP contribution is 2.20. The van der Waals surface area contributed by atoms with Gasteiger partial charge in [-0.2, -0.15) is 0 Å². The Bertz CT molecular complexity index is 593. The van der Waals surface area contributed by atoms with Crippen LogP contribution in [0, 0.1) is 11.6 Å². The Labute approximate surface area is 123 Å². The summed E-state index contributed by atoms with van der Waals surface area (Å²) in [6, 6.07) is 14.5. The second kappa shape index (κ2) is 6.22. The van der Waals surface area contributed by atoms with Crippen LogP contribution in [0.25, 0.3) is 0 Å². The van der Waals surface area contributed by atoms with Gasteiger partial charge in [0.05, 0.1) is 0 Å². The summed E-state index contributed by atoms with van der Waals surface area (Å²) in [7, 11) is 0. The van der Waals surface area contributed by atoms with Gasteiger partial charge in [0.25, 0.3) is 0 Å². The number of anilines is 1. The van der Waals surface area contributed by atoms with E-state index in [0.717, 1.165) is 38.4 Å². The van der Waals surface area contributed by atoms with Crippen molar-refractivity contribution in [3.05, 3.63) is 65.7 Å². The molecule has 1 saturated heterocycles. The lowest BCUT2D eigenvalue weighted by Crippen LogP contribution is -2.46. The van der Waals surface area contributed by atoms with E-state index in [0.29, 0.717) is 0 Å². The lowest BCUT2D eigenvalue weighted by molar-refractivity contribution is 0.250. The molecule has 1 fully saturated rings. The van der Waals surface area contributed by atoms with Crippen molar-refractivity contribution in [1.82, 2.24) is 4.90 Å². The van der Waals surface area contributed by atoms with Gasteiger partial charge < -0.3 is 4.90 Å². The average molecular weight is 288 g/mol. The largest absolute Gasteiger partial charge is 0.369 e. The summed E-state index contributed by atoms with van der Waals surface area (Å²) in [4.78, 5) is 4.48. The Kier molecular flexibility index (Phi) is 4.15. The summed E-state index contributed by atoms with van der Waals surface area (Å²) in [5, 5.41) is 0. The lowest BCUT2D eigenvalue weighted by Gasteiger charge is -2.36. The molecule has 0 aliphatic carbocycles. The maximum atomic E-state index is 13.3. The molecule has 2 aromatic rings. The first-order valence-electron chi connectivity index (χ1n) is 7.18. The number of benzene rings is 2. The molecule has 4 heteroatoms. The highest BCUT2D eigenvalue weighted by Gasteiger charge is 2.18. The molecule has 0 atom stereocenters. The van der Waals surface area contributed by atoms with Gasteiger partial charge in [-0.25, -0.2) is 8.78 Å². The van der Waals surface area contributed by atoms with E-state index in [-0.39, 0.29) is 0 Å². The van der Waals surface area contributed by atoms with Crippen LogP contribution in [0.15, 0.2) is 48.5 Å². The monoisotopic (exact) mass is 288 g/mol. The van der Waals surface area contributed by atoms with E-state index in [1.54, 1.807) is 6.07 Å². The molecule has 110 valence electrons. The summed E-state index contributed by atoms with van der Waals surface area (Å²) < 4.78 is 26.3. The summed E-state index contributed by atoms with van der Waals surface area (Å²) in [5.74, 6) is -1.57. The molecule has 0 radical (unpaired) electrons. The van der Waals surface area contributed by atoms with Crippen molar-refractivity contribution >= 4 is 5.69 Å². The molecule has 0 N–H and O–H groups in total. The normalized spacial score (nSPS) is 16.2. The first-order valence-corrected chi connectivity index (χ1v) is 7.18. The van der Waals surface area contributed by atoms with E-state index in [4.69, 9.17) is 0 Å². The molecule has 0 unspecified atom stereocenters. The van der Waals surface area contributed by atoms with Gasteiger partial charge in [-0.1, -0.05) is 30.3 Å². The molecular weight excluding hydrogens is 270 g/mol. The fourth-order valence-electron chi connectivity index (χ4n) is 2.69. The molecule has 1 aliphatic heterocycles.